The van der Waals surface area contributed by atoms with Crippen molar-refractivity contribution in [2.75, 3.05) is 18.0 Å². The van der Waals surface area contributed by atoms with Gasteiger partial charge in [0, 0.05) is 23.5 Å². The van der Waals surface area contributed by atoms with Crippen LogP contribution in [0.4, 0.5) is 5.69 Å². The van der Waals surface area contributed by atoms with Crippen molar-refractivity contribution in [1.29, 1.82) is 0 Å². The van der Waals surface area contributed by atoms with Gasteiger partial charge in [-0.3, -0.25) is 13.9 Å². The van der Waals surface area contributed by atoms with Gasteiger partial charge in [-0.15, -0.1) is 0 Å². The minimum Gasteiger partial charge on any atom is -0.495 e. The highest BCUT2D eigenvalue weighted by Crippen LogP contribution is 2.35. The summed E-state index contributed by atoms with van der Waals surface area (Å²) < 4.78 is 35.0. The van der Waals surface area contributed by atoms with Crippen molar-refractivity contribution in [2.45, 2.75) is 57.1 Å². The van der Waals surface area contributed by atoms with Crippen LogP contribution in [-0.2, 0) is 32.6 Å². The number of methoxy groups -OCH3 is 1. The SMILES string of the molecule is COc1ccc(Cl)cc1N(CC(=O)N(Cc1ccccc1C)[C@@H](Cc1ccccc1)C(=O)NC(C)(C)C)S(=O)(=O)c1ccccc1. The van der Waals surface area contributed by atoms with Crippen molar-refractivity contribution >= 4 is 39.1 Å². The summed E-state index contributed by atoms with van der Waals surface area (Å²) in [6.45, 7) is 7.01. The van der Waals surface area contributed by atoms with Crippen molar-refractivity contribution in [3.05, 3.63) is 125 Å². The van der Waals surface area contributed by atoms with Gasteiger partial charge < -0.3 is 15.0 Å². The van der Waals surface area contributed by atoms with E-state index in [0.29, 0.717) is 0 Å². The number of hydrogen-bond donors (Lipinski definition) is 1. The molecule has 0 heterocycles. The molecule has 0 radical (unpaired) electrons. The number of rotatable bonds is 12. The Bertz CT molecular complexity index is 1760. The predicted octanol–water partition coefficient (Wildman–Crippen LogP) is 6.41. The second-order valence-electron chi connectivity index (χ2n) is 12.0. The smallest absolute Gasteiger partial charge is 0.264 e. The summed E-state index contributed by atoms with van der Waals surface area (Å²) in [5.41, 5.74) is 2.13. The van der Waals surface area contributed by atoms with E-state index >= 15 is 0 Å². The maximum atomic E-state index is 14.7. The van der Waals surface area contributed by atoms with Crippen LogP contribution >= 0.6 is 11.6 Å². The van der Waals surface area contributed by atoms with E-state index in [4.69, 9.17) is 16.3 Å². The zero-order valence-corrected chi connectivity index (χ0v) is 28.3. The average Bonchev–Trinajstić information content (AvgIpc) is 3.02. The Morgan fingerprint density at radius 3 is 2.11 bits per heavy atom. The highest BCUT2D eigenvalue weighted by atomic mass is 35.5. The van der Waals surface area contributed by atoms with E-state index in [-0.39, 0.29) is 40.2 Å². The molecule has 0 spiro atoms. The maximum Gasteiger partial charge on any atom is 0.264 e. The fourth-order valence-corrected chi connectivity index (χ4v) is 6.67. The first-order valence-corrected chi connectivity index (χ1v) is 16.7. The van der Waals surface area contributed by atoms with E-state index < -0.39 is 34.1 Å². The molecule has 0 aliphatic carbocycles. The minimum absolute atomic E-state index is 0.0124. The Labute approximate surface area is 277 Å². The molecule has 0 fully saturated rings. The van der Waals surface area contributed by atoms with Crippen molar-refractivity contribution in [3.8, 4) is 5.75 Å². The zero-order valence-electron chi connectivity index (χ0n) is 26.7. The van der Waals surface area contributed by atoms with Crippen LogP contribution in [0.1, 0.15) is 37.5 Å². The molecule has 2 amide bonds. The van der Waals surface area contributed by atoms with E-state index in [0.717, 1.165) is 21.0 Å². The summed E-state index contributed by atoms with van der Waals surface area (Å²) in [7, 11) is -2.88. The van der Waals surface area contributed by atoms with Crippen LogP contribution < -0.4 is 14.4 Å². The largest absolute Gasteiger partial charge is 0.495 e. The number of benzene rings is 4. The molecule has 4 aromatic rings. The first kappa shape index (κ1) is 34.5. The lowest BCUT2D eigenvalue weighted by Gasteiger charge is -2.35. The first-order chi connectivity index (χ1) is 21.8. The van der Waals surface area contributed by atoms with Gasteiger partial charge in [-0.25, -0.2) is 8.42 Å². The topological polar surface area (TPSA) is 96.0 Å². The fourth-order valence-electron chi connectivity index (χ4n) is 5.07. The molecule has 0 aliphatic rings. The molecule has 0 saturated carbocycles. The molecule has 8 nitrogen and oxygen atoms in total. The van der Waals surface area contributed by atoms with E-state index in [1.54, 1.807) is 30.3 Å². The van der Waals surface area contributed by atoms with Gasteiger partial charge in [0.1, 0.15) is 18.3 Å². The van der Waals surface area contributed by atoms with Gasteiger partial charge >= 0.3 is 0 Å². The van der Waals surface area contributed by atoms with Gasteiger partial charge in [0.15, 0.2) is 0 Å². The van der Waals surface area contributed by atoms with E-state index in [2.05, 4.69) is 5.32 Å². The molecule has 10 heteroatoms. The number of ether oxygens (including phenoxy) is 1. The standard InChI is InChI=1S/C36H40ClN3O5S/c1-26-14-12-13-17-28(26)24-39(32(35(42)38-36(2,3)4)22-27-15-8-6-9-16-27)34(41)25-40(31-23-29(37)20-21-33(31)45-5)46(43,44)30-18-10-7-11-19-30/h6-21,23,32H,22,24-25H2,1-5H3,(H,38,42)/t32-/m0/s1. The summed E-state index contributed by atoms with van der Waals surface area (Å²) in [4.78, 5) is 30.2. The van der Waals surface area contributed by atoms with Crippen LogP contribution in [0.25, 0.3) is 0 Å². The average molecular weight is 662 g/mol. The molecule has 1 atom stereocenters. The summed E-state index contributed by atoms with van der Waals surface area (Å²) in [6.07, 6.45) is 0.215. The van der Waals surface area contributed by atoms with Gasteiger partial charge in [0.2, 0.25) is 11.8 Å². The summed E-state index contributed by atoms with van der Waals surface area (Å²) in [5.74, 6) is -0.709. The Balaban J connectivity index is 1.87. The molecule has 4 aromatic carbocycles. The number of nitrogens with zero attached hydrogens (tertiary/aromatic N) is 2. The minimum atomic E-state index is -4.30. The normalized spacial score (nSPS) is 12.2. The maximum absolute atomic E-state index is 14.7. The second kappa shape index (κ2) is 14.8. The number of aryl methyl sites for hydroxylation is 1. The highest BCUT2D eigenvalue weighted by Gasteiger charge is 2.36. The van der Waals surface area contributed by atoms with Crippen molar-refractivity contribution in [3.63, 3.8) is 0 Å². The van der Waals surface area contributed by atoms with Crippen LogP contribution in [0.2, 0.25) is 5.02 Å². The van der Waals surface area contributed by atoms with Crippen molar-refractivity contribution in [1.82, 2.24) is 10.2 Å². The molecule has 0 aliphatic heterocycles. The van der Waals surface area contributed by atoms with Crippen LogP contribution in [-0.4, -0.2) is 50.4 Å². The number of carbonyl (C=O) groups excluding carboxylic acids is 2. The summed E-state index contributed by atoms with van der Waals surface area (Å²) in [6, 6.07) is 28.5. The monoisotopic (exact) mass is 661 g/mol. The van der Waals surface area contributed by atoms with Gasteiger partial charge in [0.25, 0.3) is 10.0 Å². The van der Waals surface area contributed by atoms with Crippen LogP contribution in [0, 0.1) is 6.92 Å². The van der Waals surface area contributed by atoms with Crippen LogP contribution in [0.5, 0.6) is 5.75 Å². The number of amides is 2. The molecule has 0 saturated heterocycles. The Morgan fingerprint density at radius 1 is 0.891 bits per heavy atom. The molecule has 46 heavy (non-hydrogen) atoms. The fraction of sp³-hybridized carbons (Fsp3) is 0.278. The Morgan fingerprint density at radius 2 is 1.50 bits per heavy atom. The number of carbonyl (C=O) groups is 2. The predicted molar refractivity (Wildman–Crippen MR) is 183 cm³/mol. The van der Waals surface area contributed by atoms with E-state index in [1.807, 2.05) is 82.3 Å². The van der Waals surface area contributed by atoms with Crippen LogP contribution in [0.3, 0.4) is 0 Å². The first-order valence-electron chi connectivity index (χ1n) is 14.9. The third kappa shape index (κ3) is 8.68. The molecule has 4 rings (SSSR count). The number of sulfonamides is 1. The molecule has 0 unspecified atom stereocenters. The van der Waals surface area contributed by atoms with Gasteiger partial charge in [-0.05, 0) is 74.7 Å². The zero-order chi connectivity index (χ0) is 33.5. The van der Waals surface area contributed by atoms with Gasteiger partial charge in [-0.2, -0.15) is 0 Å². The summed E-state index contributed by atoms with van der Waals surface area (Å²) in [5, 5.41) is 3.30. The lowest BCUT2D eigenvalue weighted by Crippen LogP contribution is -2.56. The molecule has 1 N–H and O–H groups in total. The second-order valence-corrected chi connectivity index (χ2v) is 14.3. The lowest BCUT2D eigenvalue weighted by molar-refractivity contribution is -0.140. The summed E-state index contributed by atoms with van der Waals surface area (Å²) >= 11 is 6.36. The van der Waals surface area contributed by atoms with Crippen molar-refractivity contribution < 1.29 is 22.7 Å². The number of anilines is 1. The molecular formula is C36H40ClN3O5S. The third-order valence-electron chi connectivity index (χ3n) is 7.39. The molecular weight excluding hydrogens is 622 g/mol. The van der Waals surface area contributed by atoms with Crippen molar-refractivity contribution in [2.24, 2.45) is 0 Å². The Kier molecular flexibility index (Phi) is 11.1. The van der Waals surface area contributed by atoms with E-state index in [1.165, 1.54) is 30.2 Å². The number of halogens is 1. The third-order valence-corrected chi connectivity index (χ3v) is 9.40. The lowest BCUT2D eigenvalue weighted by atomic mass is 10.00. The Hall–Kier alpha value is -4.34. The quantitative estimate of drug-likeness (QED) is 0.189. The highest BCUT2D eigenvalue weighted by molar-refractivity contribution is 7.92. The number of hydrogen-bond acceptors (Lipinski definition) is 5. The van der Waals surface area contributed by atoms with Crippen LogP contribution in [0.15, 0.2) is 108 Å². The molecule has 0 bridgehead atoms. The molecule has 242 valence electrons. The van der Waals surface area contributed by atoms with E-state index in [9.17, 15) is 18.0 Å². The van der Waals surface area contributed by atoms with Gasteiger partial charge in [-0.1, -0.05) is 84.4 Å². The molecule has 0 aromatic heterocycles. The number of nitrogens with one attached hydrogen (secondary N) is 1. The van der Waals surface area contributed by atoms with Gasteiger partial charge in [0.05, 0.1) is 17.7 Å².